The van der Waals surface area contributed by atoms with Gasteiger partial charge >= 0.3 is 5.97 Å². The van der Waals surface area contributed by atoms with Crippen LogP contribution in [0.25, 0.3) is 0 Å². The first-order valence-corrected chi connectivity index (χ1v) is 22.4. The Morgan fingerprint density at radius 3 is 1.52 bits per heavy atom. The molecule has 0 aliphatic rings. The molecule has 0 bridgehead atoms. The van der Waals surface area contributed by atoms with Gasteiger partial charge in [0.2, 0.25) is 0 Å². The van der Waals surface area contributed by atoms with E-state index in [1.54, 1.807) is 0 Å². The Morgan fingerprint density at radius 1 is 0.600 bits per heavy atom. The van der Waals surface area contributed by atoms with Crippen LogP contribution in [0.2, 0.25) is 0 Å². The summed E-state index contributed by atoms with van der Waals surface area (Å²) in [7, 11) is 1.36. The second-order valence-corrected chi connectivity index (χ2v) is 16.8. The zero-order valence-corrected chi connectivity index (χ0v) is 34.5. The molecular formula is C41H82NO7P. The maximum atomic E-state index is 12.6. The molecule has 50 heavy (non-hydrogen) atoms. The fourth-order valence-electron chi connectivity index (χ4n) is 5.78. The first-order chi connectivity index (χ1) is 24.1. The number of likely N-dealkylation sites (N-methyl/N-ethyl adjacent to an activating group) is 1. The summed E-state index contributed by atoms with van der Waals surface area (Å²) in [6, 6.07) is 0. The van der Waals surface area contributed by atoms with Crippen LogP contribution in [-0.2, 0) is 27.9 Å². The summed E-state index contributed by atoms with van der Waals surface area (Å²) in [6.07, 6.45) is 36.4. The quantitative estimate of drug-likeness (QED) is 0.0204. The van der Waals surface area contributed by atoms with Gasteiger partial charge in [0.1, 0.15) is 19.3 Å². The number of unbranched alkanes of at least 4 members (excludes halogenated alkanes) is 23. The summed E-state index contributed by atoms with van der Waals surface area (Å²) in [4.78, 5) is 25.0. The van der Waals surface area contributed by atoms with Crippen molar-refractivity contribution in [3.63, 3.8) is 0 Å². The van der Waals surface area contributed by atoms with E-state index in [0.717, 1.165) is 44.9 Å². The molecule has 0 radical (unpaired) electrons. The van der Waals surface area contributed by atoms with E-state index in [0.29, 0.717) is 24.1 Å². The number of hydrogen-bond acceptors (Lipinski definition) is 7. The van der Waals surface area contributed by atoms with Crippen LogP contribution >= 0.6 is 7.82 Å². The number of carbonyl (C=O) groups excluding carboxylic acids is 1. The first kappa shape index (κ1) is 49.2. The average molecular weight is 732 g/mol. The Morgan fingerprint density at radius 2 is 1.04 bits per heavy atom. The molecule has 1 unspecified atom stereocenters. The molecule has 298 valence electrons. The normalized spacial score (nSPS) is 14.0. The lowest BCUT2D eigenvalue weighted by molar-refractivity contribution is -0.870. The van der Waals surface area contributed by atoms with Crippen LogP contribution in [0.15, 0.2) is 12.2 Å². The maximum absolute atomic E-state index is 12.6. The van der Waals surface area contributed by atoms with Crippen LogP contribution in [0.5, 0.6) is 0 Å². The summed E-state index contributed by atoms with van der Waals surface area (Å²) < 4.78 is 34.5. The number of phosphoric acid groups is 1. The Balaban J connectivity index is 4.25. The van der Waals surface area contributed by atoms with E-state index in [4.69, 9.17) is 18.5 Å². The highest BCUT2D eigenvalue weighted by Gasteiger charge is 2.20. The Kier molecular flexibility index (Phi) is 34.7. The van der Waals surface area contributed by atoms with Gasteiger partial charge in [-0.05, 0) is 38.5 Å². The third-order valence-electron chi connectivity index (χ3n) is 9.07. The number of ether oxygens (including phenoxy) is 2. The molecule has 0 aromatic carbocycles. The highest BCUT2D eigenvalue weighted by atomic mass is 31.2. The minimum absolute atomic E-state index is 0.0275. The Bertz CT molecular complexity index is 817. The molecule has 9 heteroatoms. The molecule has 0 aromatic rings. The van der Waals surface area contributed by atoms with Crippen molar-refractivity contribution in [3.05, 3.63) is 12.2 Å². The van der Waals surface area contributed by atoms with Crippen LogP contribution in [0.4, 0.5) is 0 Å². The number of esters is 1. The molecule has 0 saturated carbocycles. The van der Waals surface area contributed by atoms with E-state index in [-0.39, 0.29) is 25.8 Å². The van der Waals surface area contributed by atoms with E-state index in [9.17, 15) is 14.3 Å². The van der Waals surface area contributed by atoms with Gasteiger partial charge in [0.25, 0.3) is 7.82 Å². The van der Waals surface area contributed by atoms with Gasteiger partial charge in [-0.2, -0.15) is 0 Å². The highest BCUT2D eigenvalue weighted by molar-refractivity contribution is 7.45. The fourth-order valence-corrected chi connectivity index (χ4v) is 6.50. The van der Waals surface area contributed by atoms with Crippen molar-refractivity contribution in [1.29, 1.82) is 0 Å². The average Bonchev–Trinajstić information content (AvgIpc) is 3.06. The van der Waals surface area contributed by atoms with Gasteiger partial charge < -0.3 is 27.9 Å². The fraction of sp³-hybridized carbons (Fsp3) is 0.927. The summed E-state index contributed by atoms with van der Waals surface area (Å²) in [5.74, 6) is -0.341. The van der Waals surface area contributed by atoms with Crippen molar-refractivity contribution in [2.45, 2.75) is 193 Å². The molecule has 0 aliphatic heterocycles. The maximum Gasteiger partial charge on any atom is 0.306 e. The third kappa shape index (κ3) is 38.5. The smallest absolute Gasteiger partial charge is 0.306 e. The molecule has 0 aromatic heterocycles. The number of rotatable bonds is 39. The summed E-state index contributed by atoms with van der Waals surface area (Å²) >= 11 is 0. The molecular weight excluding hydrogens is 649 g/mol. The van der Waals surface area contributed by atoms with Crippen LogP contribution in [0.1, 0.15) is 187 Å². The van der Waals surface area contributed by atoms with E-state index >= 15 is 0 Å². The second kappa shape index (κ2) is 35.3. The van der Waals surface area contributed by atoms with Gasteiger partial charge in [-0.1, -0.05) is 154 Å². The zero-order valence-electron chi connectivity index (χ0n) is 33.6. The van der Waals surface area contributed by atoms with E-state index in [1.807, 2.05) is 21.1 Å². The lowest BCUT2D eigenvalue weighted by atomic mass is 10.0. The molecule has 0 fully saturated rings. The second-order valence-electron chi connectivity index (χ2n) is 15.4. The van der Waals surface area contributed by atoms with Crippen LogP contribution < -0.4 is 4.89 Å². The lowest BCUT2D eigenvalue weighted by Crippen LogP contribution is -2.37. The number of quaternary nitrogens is 1. The van der Waals surface area contributed by atoms with Crippen molar-refractivity contribution < 1.29 is 37.3 Å². The number of nitrogens with zero attached hydrogens (tertiary/aromatic N) is 1. The van der Waals surface area contributed by atoms with Gasteiger partial charge in [-0.3, -0.25) is 9.36 Å². The molecule has 0 rings (SSSR count). The number of carbonyl (C=O) groups is 1. The van der Waals surface area contributed by atoms with E-state index in [1.165, 1.54) is 122 Å². The SMILES string of the molecule is CCCCCCC/C=C\CCCCCCCC(=O)O[C@H](COCCCCCCCCCCCCCCCC)COP(=O)([O-])OCC[N+](C)(C)C. The van der Waals surface area contributed by atoms with Crippen molar-refractivity contribution in [3.8, 4) is 0 Å². The van der Waals surface area contributed by atoms with Gasteiger partial charge in [0, 0.05) is 13.0 Å². The highest BCUT2D eigenvalue weighted by Crippen LogP contribution is 2.38. The molecule has 0 heterocycles. The van der Waals surface area contributed by atoms with E-state index < -0.39 is 13.9 Å². The largest absolute Gasteiger partial charge is 0.756 e. The van der Waals surface area contributed by atoms with Gasteiger partial charge in [-0.15, -0.1) is 0 Å². The predicted octanol–water partition coefficient (Wildman–Crippen LogP) is 11.3. The molecule has 0 saturated heterocycles. The minimum atomic E-state index is -4.52. The Hall–Kier alpha value is -0.760. The summed E-state index contributed by atoms with van der Waals surface area (Å²) in [6.45, 7) is 5.42. The van der Waals surface area contributed by atoms with Gasteiger partial charge in [0.15, 0.2) is 0 Å². The van der Waals surface area contributed by atoms with Crippen LogP contribution in [0.3, 0.4) is 0 Å². The third-order valence-corrected chi connectivity index (χ3v) is 10.0. The van der Waals surface area contributed by atoms with Crippen LogP contribution in [-0.4, -0.2) is 70.7 Å². The summed E-state index contributed by atoms with van der Waals surface area (Å²) in [5, 5.41) is 0. The Labute approximate surface area is 310 Å². The monoisotopic (exact) mass is 732 g/mol. The first-order valence-electron chi connectivity index (χ1n) is 20.9. The van der Waals surface area contributed by atoms with Gasteiger partial charge in [-0.25, -0.2) is 0 Å². The van der Waals surface area contributed by atoms with Crippen molar-refractivity contribution in [2.24, 2.45) is 0 Å². The standard InChI is InChI=1S/C41H82NO7P/c1-6-8-10-12-14-16-18-20-22-24-26-28-30-32-34-41(43)49-40(39-48-50(44,45)47-37-35-42(3,4)5)38-46-36-33-31-29-27-25-23-21-19-17-15-13-11-9-7-2/h18,20,40H,6-17,19,21-39H2,1-5H3/b20-18-/t40-/m1/s1. The van der Waals surface area contributed by atoms with Crippen molar-refractivity contribution in [2.75, 3.05) is 54.1 Å². The molecule has 0 aliphatic carbocycles. The molecule has 0 spiro atoms. The van der Waals surface area contributed by atoms with Gasteiger partial charge in [0.05, 0.1) is 34.4 Å². The summed E-state index contributed by atoms with van der Waals surface area (Å²) in [5.41, 5.74) is 0. The number of hydrogen-bond donors (Lipinski definition) is 0. The molecule has 0 amide bonds. The molecule has 2 atom stereocenters. The van der Waals surface area contributed by atoms with Crippen molar-refractivity contribution >= 4 is 13.8 Å². The lowest BCUT2D eigenvalue weighted by Gasteiger charge is -2.28. The van der Waals surface area contributed by atoms with E-state index in [2.05, 4.69) is 26.0 Å². The van der Waals surface area contributed by atoms with Crippen LogP contribution in [0, 0.1) is 0 Å². The number of phosphoric ester groups is 1. The minimum Gasteiger partial charge on any atom is -0.756 e. The molecule has 8 nitrogen and oxygen atoms in total. The van der Waals surface area contributed by atoms with Crippen molar-refractivity contribution in [1.82, 2.24) is 0 Å². The zero-order chi connectivity index (χ0) is 37.0. The number of allylic oxidation sites excluding steroid dienone is 2. The topological polar surface area (TPSA) is 94.1 Å². The predicted molar refractivity (Wildman–Crippen MR) is 208 cm³/mol. The molecule has 0 N–H and O–H groups in total.